The summed E-state index contributed by atoms with van der Waals surface area (Å²) in [7, 11) is 0. The molecule has 3 rings (SSSR count). The molecule has 114 valence electrons. The zero-order valence-corrected chi connectivity index (χ0v) is 12.3. The lowest BCUT2D eigenvalue weighted by Gasteiger charge is -2.11. The van der Waals surface area contributed by atoms with E-state index in [0.717, 1.165) is 18.5 Å². The van der Waals surface area contributed by atoms with Crippen LogP contribution < -0.4 is 11.1 Å². The lowest BCUT2D eigenvalue weighted by molar-refractivity contribution is 0.0996. The zero-order chi connectivity index (χ0) is 15.5. The first-order valence-electron chi connectivity index (χ1n) is 7.56. The molecule has 1 heterocycles. The molecule has 1 atom stereocenters. The van der Waals surface area contributed by atoms with Crippen molar-refractivity contribution in [3.8, 4) is 11.1 Å². The van der Waals surface area contributed by atoms with E-state index in [0.29, 0.717) is 11.6 Å². The predicted octanol–water partition coefficient (Wildman–Crippen LogP) is 2.89. The highest BCUT2D eigenvalue weighted by atomic mass is 19.1. The summed E-state index contributed by atoms with van der Waals surface area (Å²) < 4.78 is 14.3. The van der Waals surface area contributed by atoms with E-state index in [2.05, 4.69) is 5.32 Å². The summed E-state index contributed by atoms with van der Waals surface area (Å²) in [6.07, 6.45) is 3.43. The fourth-order valence-electron chi connectivity index (χ4n) is 2.98. The van der Waals surface area contributed by atoms with Crippen molar-refractivity contribution >= 4 is 5.91 Å². The van der Waals surface area contributed by atoms with E-state index in [9.17, 15) is 9.18 Å². The maximum atomic E-state index is 14.3. The number of nitrogens with one attached hydrogen (secondary N) is 1. The highest BCUT2D eigenvalue weighted by Crippen LogP contribution is 2.25. The number of halogens is 1. The molecule has 3 N–H and O–H groups in total. The van der Waals surface area contributed by atoms with Crippen molar-refractivity contribution in [3.05, 3.63) is 59.4 Å². The van der Waals surface area contributed by atoms with Crippen molar-refractivity contribution in [1.82, 2.24) is 5.32 Å². The second kappa shape index (κ2) is 6.28. The minimum atomic E-state index is -0.747. The van der Waals surface area contributed by atoms with Gasteiger partial charge in [-0.05, 0) is 43.0 Å². The molecule has 0 aliphatic carbocycles. The van der Waals surface area contributed by atoms with E-state index in [1.165, 1.54) is 24.5 Å². The number of carbonyl (C=O) groups excluding carboxylic acids is 1. The summed E-state index contributed by atoms with van der Waals surface area (Å²) in [5.41, 5.74) is 7.51. The van der Waals surface area contributed by atoms with Crippen LogP contribution in [0.5, 0.6) is 0 Å². The molecule has 0 aromatic heterocycles. The van der Waals surface area contributed by atoms with Crippen LogP contribution in [0.4, 0.5) is 4.39 Å². The Morgan fingerprint density at radius 3 is 2.64 bits per heavy atom. The Balaban J connectivity index is 1.83. The third-order valence-corrected chi connectivity index (χ3v) is 4.17. The maximum absolute atomic E-state index is 14.3. The molecule has 2 aromatic rings. The second-order valence-electron chi connectivity index (χ2n) is 5.73. The van der Waals surface area contributed by atoms with Gasteiger partial charge in [0.2, 0.25) is 0 Å². The number of nitrogens with two attached hydrogens (primary N) is 1. The Hall–Kier alpha value is -2.20. The average Bonchev–Trinajstić information content (AvgIpc) is 3.01. The van der Waals surface area contributed by atoms with Crippen LogP contribution in [0, 0.1) is 5.82 Å². The highest BCUT2D eigenvalue weighted by Gasteiger charge is 2.15. The molecule has 3 nitrogen and oxygen atoms in total. The Morgan fingerprint density at radius 1 is 1.23 bits per heavy atom. The summed E-state index contributed by atoms with van der Waals surface area (Å²) in [5, 5.41) is 3.47. The topological polar surface area (TPSA) is 55.1 Å². The number of benzene rings is 2. The monoisotopic (exact) mass is 298 g/mol. The molecular formula is C18H19FN2O. The van der Waals surface area contributed by atoms with Crippen molar-refractivity contribution in [2.24, 2.45) is 5.73 Å². The van der Waals surface area contributed by atoms with Gasteiger partial charge >= 0.3 is 0 Å². The standard InChI is InChI=1S/C18H19FN2O/c19-17-15(4-1-5-16(17)18(20)22)13-8-6-12(7-9-13)11-14-3-2-10-21-14/h1,4-9,14,21H,2-3,10-11H2,(H2,20,22). The lowest BCUT2D eigenvalue weighted by atomic mass is 9.98. The molecule has 22 heavy (non-hydrogen) atoms. The fourth-order valence-corrected chi connectivity index (χ4v) is 2.98. The SMILES string of the molecule is NC(=O)c1cccc(-c2ccc(CC3CCCN3)cc2)c1F. The highest BCUT2D eigenvalue weighted by molar-refractivity contribution is 5.94. The van der Waals surface area contributed by atoms with Crippen molar-refractivity contribution < 1.29 is 9.18 Å². The van der Waals surface area contributed by atoms with E-state index < -0.39 is 11.7 Å². The van der Waals surface area contributed by atoms with E-state index >= 15 is 0 Å². The van der Waals surface area contributed by atoms with Crippen LogP contribution in [0.1, 0.15) is 28.8 Å². The molecule has 0 saturated carbocycles. The number of hydrogen-bond acceptors (Lipinski definition) is 2. The molecule has 1 amide bonds. The molecule has 2 aromatic carbocycles. The maximum Gasteiger partial charge on any atom is 0.251 e. The van der Waals surface area contributed by atoms with Gasteiger partial charge in [0.1, 0.15) is 5.82 Å². The van der Waals surface area contributed by atoms with Gasteiger partial charge in [-0.1, -0.05) is 36.4 Å². The van der Waals surface area contributed by atoms with Crippen LogP contribution in [0.3, 0.4) is 0 Å². The first-order valence-corrected chi connectivity index (χ1v) is 7.56. The largest absolute Gasteiger partial charge is 0.366 e. The molecule has 1 unspecified atom stereocenters. The van der Waals surface area contributed by atoms with E-state index in [4.69, 9.17) is 5.73 Å². The van der Waals surface area contributed by atoms with E-state index in [1.807, 2.05) is 24.3 Å². The van der Waals surface area contributed by atoms with Crippen LogP contribution >= 0.6 is 0 Å². The molecule has 1 aliphatic rings. The predicted molar refractivity (Wildman–Crippen MR) is 85.1 cm³/mol. The fraction of sp³-hybridized carbons (Fsp3) is 0.278. The van der Waals surface area contributed by atoms with E-state index in [1.54, 1.807) is 12.1 Å². The summed E-state index contributed by atoms with van der Waals surface area (Å²) >= 11 is 0. The van der Waals surface area contributed by atoms with Gasteiger partial charge < -0.3 is 11.1 Å². The quantitative estimate of drug-likeness (QED) is 0.912. The molecule has 0 radical (unpaired) electrons. The van der Waals surface area contributed by atoms with Crippen LogP contribution in [0.15, 0.2) is 42.5 Å². The number of rotatable bonds is 4. The van der Waals surface area contributed by atoms with Gasteiger partial charge in [0.05, 0.1) is 5.56 Å². The number of carbonyl (C=O) groups is 1. The molecule has 1 aliphatic heterocycles. The van der Waals surface area contributed by atoms with Gasteiger partial charge in [-0.25, -0.2) is 4.39 Å². The van der Waals surface area contributed by atoms with Crippen molar-refractivity contribution in [3.63, 3.8) is 0 Å². The Kier molecular flexibility index (Phi) is 4.20. The number of primary amides is 1. The average molecular weight is 298 g/mol. The molecule has 0 spiro atoms. The second-order valence-corrected chi connectivity index (χ2v) is 5.73. The van der Waals surface area contributed by atoms with Crippen molar-refractivity contribution in [1.29, 1.82) is 0 Å². The number of amides is 1. The zero-order valence-electron chi connectivity index (χ0n) is 12.3. The van der Waals surface area contributed by atoms with Crippen LogP contribution in [-0.4, -0.2) is 18.5 Å². The van der Waals surface area contributed by atoms with Gasteiger partial charge in [-0.15, -0.1) is 0 Å². The molecule has 1 fully saturated rings. The number of hydrogen-bond donors (Lipinski definition) is 2. The first kappa shape index (κ1) is 14.7. The van der Waals surface area contributed by atoms with Gasteiger partial charge in [0, 0.05) is 11.6 Å². The van der Waals surface area contributed by atoms with Gasteiger partial charge in [-0.3, -0.25) is 4.79 Å². The summed E-state index contributed by atoms with van der Waals surface area (Å²) in [6, 6.07) is 13.1. The van der Waals surface area contributed by atoms with Crippen LogP contribution in [0.2, 0.25) is 0 Å². The summed E-state index contributed by atoms with van der Waals surface area (Å²) in [4.78, 5) is 11.2. The Labute approximate surface area is 129 Å². The third kappa shape index (κ3) is 3.02. The first-order chi connectivity index (χ1) is 10.6. The smallest absolute Gasteiger partial charge is 0.251 e. The molecule has 4 heteroatoms. The van der Waals surface area contributed by atoms with Crippen LogP contribution in [0.25, 0.3) is 11.1 Å². The van der Waals surface area contributed by atoms with E-state index in [-0.39, 0.29) is 5.56 Å². The molecular weight excluding hydrogens is 279 g/mol. The summed E-state index contributed by atoms with van der Waals surface area (Å²) in [5.74, 6) is -1.30. The Bertz CT molecular complexity index is 676. The normalized spacial score (nSPS) is 17.6. The van der Waals surface area contributed by atoms with Crippen LogP contribution in [-0.2, 0) is 6.42 Å². The minimum Gasteiger partial charge on any atom is -0.366 e. The van der Waals surface area contributed by atoms with Gasteiger partial charge in [0.15, 0.2) is 0 Å². The molecule has 1 saturated heterocycles. The Morgan fingerprint density at radius 2 is 2.00 bits per heavy atom. The molecule has 0 bridgehead atoms. The van der Waals surface area contributed by atoms with Gasteiger partial charge in [-0.2, -0.15) is 0 Å². The van der Waals surface area contributed by atoms with Gasteiger partial charge in [0.25, 0.3) is 5.91 Å². The summed E-state index contributed by atoms with van der Waals surface area (Å²) in [6.45, 7) is 1.09. The third-order valence-electron chi connectivity index (χ3n) is 4.17. The van der Waals surface area contributed by atoms with Crippen molar-refractivity contribution in [2.75, 3.05) is 6.54 Å². The van der Waals surface area contributed by atoms with Crippen molar-refractivity contribution in [2.45, 2.75) is 25.3 Å². The lowest BCUT2D eigenvalue weighted by Crippen LogP contribution is -2.23. The minimum absolute atomic E-state index is 0.0725.